The van der Waals surface area contributed by atoms with E-state index >= 15 is 0 Å². The van der Waals surface area contributed by atoms with E-state index < -0.39 is 5.91 Å². The van der Waals surface area contributed by atoms with E-state index in [2.05, 4.69) is 15.5 Å². The van der Waals surface area contributed by atoms with Crippen LogP contribution in [0.2, 0.25) is 0 Å². The Hall–Kier alpha value is -3.59. The number of hydrogen-bond donors (Lipinski definition) is 1. The lowest BCUT2D eigenvalue weighted by molar-refractivity contribution is -0.111. The Morgan fingerprint density at radius 1 is 1.11 bits per heavy atom. The van der Waals surface area contributed by atoms with Crippen LogP contribution in [-0.4, -0.2) is 32.8 Å². The van der Waals surface area contributed by atoms with E-state index in [0.717, 1.165) is 16.2 Å². The Kier molecular flexibility index (Phi) is 4.35. The minimum Gasteiger partial charge on any atom is -0.465 e. The number of aromatic nitrogens is 2. The molecule has 2 aromatic heterocycles. The van der Waals surface area contributed by atoms with Crippen LogP contribution in [0.4, 0.5) is 5.13 Å². The Morgan fingerprint density at radius 3 is 2.52 bits per heavy atom. The highest BCUT2D eigenvalue weighted by molar-refractivity contribution is 7.15. The Bertz CT molecular complexity index is 1020. The van der Waals surface area contributed by atoms with Gasteiger partial charge in [-0.05, 0) is 30.3 Å². The van der Waals surface area contributed by atoms with Gasteiger partial charge in [-0.15, -0.1) is 10.2 Å². The first kappa shape index (κ1) is 16.9. The molecule has 0 saturated carbocycles. The van der Waals surface area contributed by atoms with E-state index in [4.69, 9.17) is 4.42 Å². The van der Waals surface area contributed by atoms with Crippen LogP contribution in [0.1, 0.15) is 31.5 Å². The summed E-state index contributed by atoms with van der Waals surface area (Å²) in [5.74, 6) is -0.570. The molecule has 0 saturated heterocycles. The summed E-state index contributed by atoms with van der Waals surface area (Å²) in [6.45, 7) is 0.00210. The third kappa shape index (κ3) is 3.40. The molecule has 0 atom stereocenters. The van der Waals surface area contributed by atoms with Gasteiger partial charge in [-0.2, -0.15) is 0 Å². The van der Waals surface area contributed by atoms with Crippen molar-refractivity contribution >= 4 is 40.3 Å². The number of benzene rings is 1. The summed E-state index contributed by atoms with van der Waals surface area (Å²) >= 11 is 1.10. The number of rotatable bonds is 5. The van der Waals surface area contributed by atoms with Crippen molar-refractivity contribution < 1.29 is 18.8 Å². The lowest BCUT2D eigenvalue weighted by Gasteiger charge is -2.10. The maximum Gasteiger partial charge on any atom is 0.261 e. The maximum absolute atomic E-state index is 12.4. The molecule has 1 aliphatic heterocycles. The standard InChI is InChI=1S/C18H12N4O4S/c23-14(8-7-11-4-3-9-26-11)19-18-21-20-15(27-18)10-22-16(24)12-5-1-2-6-13(12)17(22)25/h1-9H,10H2,(H,19,21,23)/b8-7+. The predicted molar refractivity (Wildman–Crippen MR) is 96.9 cm³/mol. The molecule has 3 heterocycles. The van der Waals surface area contributed by atoms with E-state index in [0.29, 0.717) is 21.9 Å². The van der Waals surface area contributed by atoms with Crippen LogP contribution >= 0.6 is 11.3 Å². The summed E-state index contributed by atoms with van der Waals surface area (Å²) in [5.41, 5.74) is 0.757. The molecule has 1 aromatic carbocycles. The monoisotopic (exact) mass is 380 g/mol. The van der Waals surface area contributed by atoms with Crippen LogP contribution in [0.5, 0.6) is 0 Å². The van der Waals surface area contributed by atoms with Gasteiger partial charge in [-0.1, -0.05) is 23.5 Å². The van der Waals surface area contributed by atoms with Crippen LogP contribution < -0.4 is 5.32 Å². The van der Waals surface area contributed by atoms with Crippen molar-refractivity contribution in [2.75, 3.05) is 5.32 Å². The second-order valence-corrected chi connectivity index (χ2v) is 6.64. The SMILES string of the molecule is O=C(/C=C/c1ccco1)Nc1nnc(CN2C(=O)c3ccccc3C2=O)s1. The molecule has 134 valence electrons. The van der Waals surface area contributed by atoms with Crippen LogP contribution in [0.15, 0.2) is 53.2 Å². The van der Waals surface area contributed by atoms with E-state index in [1.807, 2.05) is 0 Å². The average molecular weight is 380 g/mol. The minimum atomic E-state index is -0.394. The summed E-state index contributed by atoms with van der Waals surface area (Å²) in [4.78, 5) is 37.7. The summed E-state index contributed by atoms with van der Waals surface area (Å²) in [6.07, 6.45) is 4.34. The highest BCUT2D eigenvalue weighted by atomic mass is 32.1. The third-order valence-corrected chi connectivity index (χ3v) is 4.63. The molecule has 9 heteroatoms. The molecule has 0 bridgehead atoms. The molecule has 3 aromatic rings. The number of furan rings is 1. The topological polar surface area (TPSA) is 105 Å². The normalized spacial score (nSPS) is 13.4. The van der Waals surface area contributed by atoms with Gasteiger partial charge in [0.1, 0.15) is 10.8 Å². The number of imide groups is 1. The highest BCUT2D eigenvalue weighted by Crippen LogP contribution is 2.25. The van der Waals surface area contributed by atoms with Gasteiger partial charge < -0.3 is 4.42 Å². The first-order valence-electron chi connectivity index (χ1n) is 7.92. The van der Waals surface area contributed by atoms with E-state index in [9.17, 15) is 14.4 Å². The van der Waals surface area contributed by atoms with Gasteiger partial charge in [0, 0.05) is 6.08 Å². The smallest absolute Gasteiger partial charge is 0.261 e. The molecule has 27 heavy (non-hydrogen) atoms. The number of amides is 3. The molecule has 0 fully saturated rings. The molecule has 0 spiro atoms. The second kappa shape index (κ2) is 6.96. The van der Waals surface area contributed by atoms with Crippen molar-refractivity contribution in [1.29, 1.82) is 0 Å². The fourth-order valence-corrected chi connectivity index (χ4v) is 3.31. The zero-order chi connectivity index (χ0) is 18.8. The van der Waals surface area contributed by atoms with Crippen LogP contribution in [0.25, 0.3) is 6.08 Å². The number of fused-ring (bicyclic) bond motifs is 1. The molecule has 1 N–H and O–H groups in total. The Balaban J connectivity index is 1.41. The molecule has 8 nitrogen and oxygen atoms in total. The van der Waals surface area contributed by atoms with E-state index in [-0.39, 0.29) is 23.5 Å². The van der Waals surface area contributed by atoms with Gasteiger partial charge >= 0.3 is 0 Å². The predicted octanol–water partition coefficient (Wildman–Crippen LogP) is 2.58. The van der Waals surface area contributed by atoms with Crippen molar-refractivity contribution in [3.05, 3.63) is 70.6 Å². The third-order valence-electron chi connectivity index (χ3n) is 3.81. The number of nitrogens with one attached hydrogen (secondary N) is 1. The molecular formula is C18H12N4O4S. The zero-order valence-corrected chi connectivity index (χ0v) is 14.6. The number of carbonyl (C=O) groups excluding carboxylic acids is 3. The molecule has 1 aliphatic rings. The molecular weight excluding hydrogens is 368 g/mol. The molecule has 0 unspecified atom stereocenters. The van der Waals surface area contributed by atoms with Crippen molar-refractivity contribution in [2.45, 2.75) is 6.54 Å². The van der Waals surface area contributed by atoms with Gasteiger partial charge in [0.2, 0.25) is 11.0 Å². The number of hydrogen-bond acceptors (Lipinski definition) is 7. The molecule has 4 rings (SSSR count). The minimum absolute atomic E-state index is 0.00210. The first-order valence-corrected chi connectivity index (χ1v) is 8.73. The molecule has 3 amide bonds. The fraction of sp³-hybridized carbons (Fsp3) is 0.0556. The average Bonchev–Trinajstić information content (AvgIpc) is 3.39. The van der Waals surface area contributed by atoms with Crippen LogP contribution in [0.3, 0.4) is 0 Å². The van der Waals surface area contributed by atoms with E-state index in [1.165, 1.54) is 18.4 Å². The second-order valence-electron chi connectivity index (χ2n) is 5.58. The van der Waals surface area contributed by atoms with Gasteiger partial charge in [-0.3, -0.25) is 24.6 Å². The Labute approximate surface area is 157 Å². The zero-order valence-electron chi connectivity index (χ0n) is 13.8. The number of nitrogens with zero attached hydrogens (tertiary/aromatic N) is 3. The maximum atomic E-state index is 12.4. The van der Waals surface area contributed by atoms with Crippen LogP contribution in [0, 0.1) is 0 Å². The molecule has 0 aliphatic carbocycles. The first-order chi connectivity index (χ1) is 13.1. The van der Waals surface area contributed by atoms with Crippen molar-refractivity contribution in [3.63, 3.8) is 0 Å². The van der Waals surface area contributed by atoms with Gasteiger partial charge in [0.05, 0.1) is 23.9 Å². The van der Waals surface area contributed by atoms with Crippen molar-refractivity contribution in [3.8, 4) is 0 Å². The van der Waals surface area contributed by atoms with E-state index in [1.54, 1.807) is 36.4 Å². The number of carbonyl (C=O) groups is 3. The number of anilines is 1. The summed E-state index contributed by atoms with van der Waals surface area (Å²) in [6, 6.07) is 10.1. The lowest BCUT2D eigenvalue weighted by atomic mass is 10.1. The lowest BCUT2D eigenvalue weighted by Crippen LogP contribution is -2.29. The van der Waals surface area contributed by atoms with Crippen molar-refractivity contribution in [2.24, 2.45) is 0 Å². The molecule has 0 radical (unpaired) electrons. The van der Waals surface area contributed by atoms with Gasteiger partial charge in [-0.25, -0.2) is 0 Å². The largest absolute Gasteiger partial charge is 0.465 e. The quantitative estimate of drug-likeness (QED) is 0.539. The summed E-state index contributed by atoms with van der Waals surface area (Å²) < 4.78 is 5.10. The summed E-state index contributed by atoms with van der Waals surface area (Å²) in [7, 11) is 0. The van der Waals surface area contributed by atoms with Gasteiger partial charge in [0.25, 0.3) is 11.8 Å². The van der Waals surface area contributed by atoms with Crippen molar-refractivity contribution in [1.82, 2.24) is 15.1 Å². The Morgan fingerprint density at radius 2 is 1.85 bits per heavy atom. The fourth-order valence-electron chi connectivity index (χ4n) is 2.58. The van der Waals surface area contributed by atoms with Gasteiger partial charge in [0.15, 0.2) is 0 Å². The van der Waals surface area contributed by atoms with Crippen LogP contribution in [-0.2, 0) is 11.3 Å². The summed E-state index contributed by atoms with van der Waals surface area (Å²) in [5, 5.41) is 11.1. The highest BCUT2D eigenvalue weighted by Gasteiger charge is 2.35.